The largest absolute Gasteiger partial charge is 0.416 e. The molecule has 5 nitrogen and oxygen atoms in total. The Morgan fingerprint density at radius 1 is 0.975 bits per heavy atom. The van der Waals surface area contributed by atoms with Gasteiger partial charge in [-0.3, -0.25) is 14.9 Å². The van der Waals surface area contributed by atoms with Gasteiger partial charge >= 0.3 is 6.18 Å². The van der Waals surface area contributed by atoms with Crippen LogP contribution >= 0.6 is 0 Å². The first-order valence-electron chi connectivity index (χ1n) is 12.8. The number of non-ortho nitro benzene ring substituents is 1. The van der Waals surface area contributed by atoms with Crippen LogP contribution in [0.2, 0.25) is 0 Å². The molecule has 2 aliphatic carbocycles. The number of benzene rings is 3. The molecular weight excluding hydrogens is 517 g/mol. The predicted molar refractivity (Wildman–Crippen MR) is 147 cm³/mol. The lowest BCUT2D eigenvalue weighted by molar-refractivity contribution is -0.385. The van der Waals surface area contributed by atoms with Crippen LogP contribution in [0.3, 0.4) is 0 Å². The minimum Gasteiger partial charge on any atom is -0.364 e. The van der Waals surface area contributed by atoms with E-state index in [1.165, 1.54) is 5.56 Å². The lowest BCUT2D eigenvalue weighted by Gasteiger charge is -2.30. The van der Waals surface area contributed by atoms with E-state index < -0.39 is 34.1 Å². The molecule has 0 saturated carbocycles. The number of Topliss-reactive ketones (excluding diaryl/α,β-unsaturated/α-hetero) is 1. The maximum absolute atomic E-state index is 13.8. The van der Waals surface area contributed by atoms with Crippen molar-refractivity contribution in [3.05, 3.63) is 134 Å². The van der Waals surface area contributed by atoms with Crippen molar-refractivity contribution < 1.29 is 22.9 Å². The van der Waals surface area contributed by atoms with Gasteiger partial charge in [-0.25, -0.2) is 0 Å². The van der Waals surface area contributed by atoms with Gasteiger partial charge in [0.2, 0.25) is 0 Å². The summed E-state index contributed by atoms with van der Waals surface area (Å²) in [5.41, 5.74) is 2.87. The minimum absolute atomic E-state index is 0.252. The number of rotatable bonds is 4. The van der Waals surface area contributed by atoms with E-state index in [9.17, 15) is 28.1 Å². The fraction of sp³-hybridized carbons (Fsp3) is 0.156. The van der Waals surface area contributed by atoms with Crippen LogP contribution in [0.15, 0.2) is 90.8 Å². The van der Waals surface area contributed by atoms with Gasteiger partial charge in [-0.1, -0.05) is 60.7 Å². The van der Waals surface area contributed by atoms with E-state index in [1.54, 1.807) is 6.20 Å². The Morgan fingerprint density at radius 3 is 2.60 bits per heavy atom. The first-order valence-corrected chi connectivity index (χ1v) is 12.8. The summed E-state index contributed by atoms with van der Waals surface area (Å²) < 4.78 is 40.8. The second kappa shape index (κ2) is 9.79. The molecule has 2 atom stereocenters. The molecule has 0 saturated heterocycles. The van der Waals surface area contributed by atoms with Gasteiger partial charge in [-0.05, 0) is 63.8 Å². The number of hydrogen-bond donors (Lipinski definition) is 1. The Balaban J connectivity index is 1.53. The Morgan fingerprint density at radius 2 is 1.80 bits per heavy atom. The van der Waals surface area contributed by atoms with Gasteiger partial charge in [-0.15, -0.1) is 0 Å². The van der Waals surface area contributed by atoms with Gasteiger partial charge in [0.15, 0.2) is 5.78 Å². The summed E-state index contributed by atoms with van der Waals surface area (Å²) in [7, 11) is 0. The van der Waals surface area contributed by atoms with Gasteiger partial charge in [0.1, 0.15) is 0 Å². The highest BCUT2D eigenvalue weighted by molar-refractivity contribution is 6.02. The van der Waals surface area contributed by atoms with Crippen LogP contribution in [0.25, 0.3) is 23.3 Å². The molecule has 8 heteroatoms. The molecule has 0 aromatic heterocycles. The van der Waals surface area contributed by atoms with Gasteiger partial charge in [-0.2, -0.15) is 13.2 Å². The highest BCUT2D eigenvalue weighted by atomic mass is 19.4. The second-order valence-corrected chi connectivity index (χ2v) is 10.1. The summed E-state index contributed by atoms with van der Waals surface area (Å²) in [5, 5.41) is 16.6. The highest BCUT2D eigenvalue weighted by Gasteiger charge is 2.36. The van der Waals surface area contributed by atoms with Crippen LogP contribution in [0, 0.1) is 16.0 Å². The quantitative estimate of drug-likeness (QED) is 0.253. The van der Waals surface area contributed by atoms with Crippen LogP contribution in [-0.2, 0) is 12.6 Å². The SMILES string of the molecule is O=C(c1cc([N+](=O)[O-])cc(C(F)(F)F)c1)C1C=c2c(ccc3c2=CCc2ccccc2-3)C(C2=CC=CC=CN2)C1. The van der Waals surface area contributed by atoms with E-state index in [0.29, 0.717) is 25.0 Å². The van der Waals surface area contributed by atoms with Crippen molar-refractivity contribution in [2.75, 3.05) is 0 Å². The smallest absolute Gasteiger partial charge is 0.364 e. The molecule has 2 unspecified atom stereocenters. The molecule has 0 spiro atoms. The van der Waals surface area contributed by atoms with Gasteiger partial charge < -0.3 is 5.32 Å². The number of nitrogens with zero attached hydrogens (tertiary/aromatic N) is 1. The Bertz CT molecular complexity index is 1780. The van der Waals surface area contributed by atoms with Crippen molar-refractivity contribution in [2.24, 2.45) is 5.92 Å². The molecule has 1 aliphatic heterocycles. The van der Waals surface area contributed by atoms with Gasteiger partial charge in [0, 0.05) is 41.4 Å². The second-order valence-electron chi connectivity index (χ2n) is 10.1. The third-order valence-corrected chi connectivity index (χ3v) is 7.68. The molecule has 0 fully saturated rings. The fourth-order valence-electron chi connectivity index (χ4n) is 5.82. The van der Waals surface area contributed by atoms with E-state index in [2.05, 4.69) is 35.7 Å². The molecule has 200 valence electrons. The maximum atomic E-state index is 13.8. The number of alkyl halides is 3. The average Bonchev–Trinajstić information content (AvgIpc) is 3.24. The fourth-order valence-corrected chi connectivity index (χ4v) is 5.82. The number of halogens is 3. The summed E-state index contributed by atoms with van der Waals surface area (Å²) in [6, 6.07) is 14.4. The van der Waals surface area contributed by atoms with Crippen LogP contribution in [0.5, 0.6) is 0 Å². The van der Waals surface area contributed by atoms with Gasteiger partial charge in [0.05, 0.1) is 10.5 Å². The lowest BCUT2D eigenvalue weighted by atomic mass is 9.75. The minimum atomic E-state index is -4.83. The molecule has 1 heterocycles. The molecule has 6 rings (SSSR count). The summed E-state index contributed by atoms with van der Waals surface area (Å²) in [6.45, 7) is 0. The van der Waals surface area contributed by atoms with Crippen molar-refractivity contribution in [3.63, 3.8) is 0 Å². The van der Waals surface area contributed by atoms with Crippen molar-refractivity contribution >= 4 is 23.6 Å². The topological polar surface area (TPSA) is 72.2 Å². The first kappa shape index (κ1) is 25.6. The van der Waals surface area contributed by atoms with Crippen LogP contribution in [-0.4, -0.2) is 10.7 Å². The predicted octanol–water partition coefficient (Wildman–Crippen LogP) is 5.94. The third-order valence-electron chi connectivity index (χ3n) is 7.68. The van der Waals surface area contributed by atoms with Crippen LogP contribution < -0.4 is 15.8 Å². The van der Waals surface area contributed by atoms with E-state index in [4.69, 9.17) is 0 Å². The zero-order chi connectivity index (χ0) is 28.0. The van der Waals surface area contributed by atoms with Crippen LogP contribution in [0.1, 0.15) is 39.4 Å². The number of allylic oxidation sites excluding steroid dienone is 5. The average molecular weight is 541 g/mol. The summed E-state index contributed by atoms with van der Waals surface area (Å²) in [4.78, 5) is 24.4. The monoisotopic (exact) mass is 540 g/mol. The summed E-state index contributed by atoms with van der Waals surface area (Å²) >= 11 is 0. The van der Waals surface area contributed by atoms with Crippen molar-refractivity contribution in [1.29, 1.82) is 0 Å². The standard InChI is InChI=1S/C32H23F3N2O3/c33-32(34,35)22-14-20(15-23(18-22)37(39)40)31(38)21-16-28-26-10-9-19-6-3-4-7-24(19)25(26)11-12-27(28)29(17-21)30-8-2-1-5-13-36-30/h1-8,10-16,18,21,29,36H,9,17H2. The first-order chi connectivity index (χ1) is 19.2. The number of fused-ring (bicyclic) bond motifs is 5. The molecule has 0 amide bonds. The number of carbonyl (C=O) groups is 1. The van der Waals surface area contributed by atoms with E-state index >= 15 is 0 Å². The number of ketones is 1. The molecule has 40 heavy (non-hydrogen) atoms. The van der Waals surface area contributed by atoms with E-state index in [1.807, 2.05) is 42.5 Å². The molecular formula is C32H23F3N2O3. The summed E-state index contributed by atoms with van der Waals surface area (Å²) in [6.07, 6.45) is 9.45. The molecule has 0 radical (unpaired) electrons. The highest BCUT2D eigenvalue weighted by Crippen LogP contribution is 2.37. The third kappa shape index (κ3) is 4.55. The number of nitro groups is 1. The van der Waals surface area contributed by atoms with Gasteiger partial charge in [0.25, 0.3) is 5.69 Å². The Kier molecular flexibility index (Phi) is 6.25. The zero-order valence-electron chi connectivity index (χ0n) is 21.1. The number of carbonyl (C=O) groups excluding carboxylic acids is 1. The Labute approximate surface area is 227 Å². The van der Waals surface area contributed by atoms with Crippen molar-refractivity contribution in [1.82, 2.24) is 5.32 Å². The number of nitrogens with one attached hydrogen (secondary N) is 1. The Hall–Kier alpha value is -4.72. The van der Waals surface area contributed by atoms with Crippen LogP contribution in [0.4, 0.5) is 18.9 Å². The zero-order valence-corrected chi connectivity index (χ0v) is 21.1. The number of hydrogen-bond acceptors (Lipinski definition) is 4. The maximum Gasteiger partial charge on any atom is 0.416 e. The molecule has 0 bridgehead atoms. The molecule has 3 aromatic carbocycles. The van der Waals surface area contributed by atoms with E-state index in [-0.39, 0.29) is 11.5 Å². The number of nitro benzene ring substituents is 1. The lowest BCUT2D eigenvalue weighted by Crippen LogP contribution is -2.40. The van der Waals surface area contributed by atoms with Crippen molar-refractivity contribution in [3.8, 4) is 11.1 Å². The van der Waals surface area contributed by atoms with Crippen molar-refractivity contribution in [2.45, 2.75) is 24.9 Å². The molecule has 1 N–H and O–H groups in total. The molecule has 3 aromatic rings. The summed E-state index contributed by atoms with van der Waals surface area (Å²) in [5.74, 6) is -1.63. The van der Waals surface area contributed by atoms with E-state index in [0.717, 1.165) is 38.9 Å². The molecule has 3 aliphatic rings. The normalized spacial score (nSPS) is 19.0.